The number of hydrogen-bond donors (Lipinski definition) is 1. The Bertz CT molecular complexity index is 534. The summed E-state index contributed by atoms with van der Waals surface area (Å²) in [6, 6.07) is 8.11. The van der Waals surface area contributed by atoms with Gasteiger partial charge in [-0.2, -0.15) is 0 Å². The maximum absolute atomic E-state index is 5.19. The Morgan fingerprint density at radius 3 is 2.55 bits per heavy atom. The number of hydrogen-bond acceptors (Lipinski definition) is 4. The van der Waals surface area contributed by atoms with E-state index in [9.17, 15) is 0 Å². The molecule has 108 valence electrons. The van der Waals surface area contributed by atoms with Crippen molar-refractivity contribution in [3.05, 3.63) is 34.8 Å². The van der Waals surface area contributed by atoms with Crippen molar-refractivity contribution < 1.29 is 4.74 Å². The topological polar surface area (TPSA) is 34.1 Å². The largest absolute Gasteiger partial charge is 0.497 e. The van der Waals surface area contributed by atoms with Gasteiger partial charge in [-0.1, -0.05) is 13.8 Å². The summed E-state index contributed by atoms with van der Waals surface area (Å²) < 4.78 is 5.19. The number of thiazole rings is 1. The van der Waals surface area contributed by atoms with Crippen molar-refractivity contribution in [1.29, 1.82) is 0 Å². The molecule has 0 bridgehead atoms. The van der Waals surface area contributed by atoms with Gasteiger partial charge in [0.1, 0.15) is 10.8 Å². The van der Waals surface area contributed by atoms with Crippen LogP contribution in [-0.2, 0) is 13.0 Å². The summed E-state index contributed by atoms with van der Waals surface area (Å²) in [4.78, 5) is 6.12. The van der Waals surface area contributed by atoms with Gasteiger partial charge in [-0.3, -0.25) is 0 Å². The summed E-state index contributed by atoms with van der Waals surface area (Å²) in [6.45, 7) is 6.32. The first-order valence-electron chi connectivity index (χ1n) is 7.12. The Morgan fingerprint density at radius 2 is 1.95 bits per heavy atom. The minimum atomic E-state index is 0.880. The first kappa shape index (κ1) is 15.0. The molecule has 1 aromatic carbocycles. The van der Waals surface area contributed by atoms with Gasteiger partial charge in [0, 0.05) is 17.0 Å². The predicted molar refractivity (Wildman–Crippen MR) is 85.5 cm³/mol. The highest BCUT2D eigenvalue weighted by molar-refractivity contribution is 7.15. The second-order valence-corrected chi connectivity index (χ2v) is 5.73. The van der Waals surface area contributed by atoms with Gasteiger partial charge >= 0.3 is 0 Å². The molecule has 1 aromatic heterocycles. The van der Waals surface area contributed by atoms with Crippen molar-refractivity contribution >= 4 is 11.3 Å². The fourth-order valence-corrected chi connectivity index (χ4v) is 3.16. The molecular weight excluding hydrogens is 268 g/mol. The summed E-state index contributed by atoms with van der Waals surface area (Å²) in [5.41, 5.74) is 2.37. The minimum absolute atomic E-state index is 0.880. The van der Waals surface area contributed by atoms with Crippen LogP contribution in [0, 0.1) is 0 Å². The molecule has 0 unspecified atom stereocenters. The summed E-state index contributed by atoms with van der Waals surface area (Å²) in [6.07, 6.45) is 2.14. The third kappa shape index (κ3) is 3.58. The number of nitrogens with one attached hydrogen (secondary N) is 1. The highest BCUT2D eigenvalue weighted by Gasteiger charge is 2.11. The average Bonchev–Trinajstić information content (AvgIpc) is 2.91. The third-order valence-electron chi connectivity index (χ3n) is 3.16. The van der Waals surface area contributed by atoms with E-state index < -0.39 is 0 Å². The lowest BCUT2D eigenvalue weighted by Crippen LogP contribution is -2.13. The fourth-order valence-electron chi connectivity index (χ4n) is 2.03. The van der Waals surface area contributed by atoms with Crippen LogP contribution in [0.2, 0.25) is 0 Å². The van der Waals surface area contributed by atoms with Crippen LogP contribution in [0.4, 0.5) is 0 Å². The van der Waals surface area contributed by atoms with Crippen molar-refractivity contribution in [2.75, 3.05) is 13.7 Å². The Balaban J connectivity index is 2.18. The highest BCUT2D eigenvalue weighted by atomic mass is 32.1. The summed E-state index contributed by atoms with van der Waals surface area (Å²) in [5, 5.41) is 4.55. The van der Waals surface area contributed by atoms with Gasteiger partial charge < -0.3 is 10.1 Å². The molecule has 4 heteroatoms. The number of methoxy groups -OCH3 is 1. The molecule has 0 saturated heterocycles. The van der Waals surface area contributed by atoms with Crippen LogP contribution >= 0.6 is 11.3 Å². The van der Waals surface area contributed by atoms with Gasteiger partial charge in [-0.15, -0.1) is 11.3 Å². The van der Waals surface area contributed by atoms with E-state index in [1.807, 2.05) is 12.1 Å². The molecule has 2 aromatic rings. The molecule has 0 fully saturated rings. The Hall–Kier alpha value is -1.39. The Kier molecular flexibility index (Phi) is 5.56. The van der Waals surface area contributed by atoms with Crippen LogP contribution in [-0.4, -0.2) is 18.6 Å². The van der Waals surface area contributed by atoms with Gasteiger partial charge in [0.2, 0.25) is 0 Å². The summed E-state index contributed by atoms with van der Waals surface area (Å²) >= 11 is 1.79. The van der Waals surface area contributed by atoms with Crippen LogP contribution in [0.1, 0.15) is 30.8 Å². The molecule has 20 heavy (non-hydrogen) atoms. The maximum atomic E-state index is 5.19. The van der Waals surface area contributed by atoms with E-state index >= 15 is 0 Å². The van der Waals surface area contributed by atoms with Crippen LogP contribution in [0.15, 0.2) is 24.3 Å². The first-order valence-corrected chi connectivity index (χ1v) is 7.93. The molecule has 3 nitrogen and oxygen atoms in total. The van der Waals surface area contributed by atoms with Crippen molar-refractivity contribution in [2.24, 2.45) is 0 Å². The van der Waals surface area contributed by atoms with Crippen molar-refractivity contribution in [2.45, 2.75) is 33.2 Å². The second-order valence-electron chi connectivity index (χ2n) is 4.65. The monoisotopic (exact) mass is 290 g/mol. The van der Waals surface area contributed by atoms with Crippen LogP contribution in [0.3, 0.4) is 0 Å². The Labute approximate surface area is 125 Å². The van der Waals surface area contributed by atoms with E-state index in [4.69, 9.17) is 9.72 Å². The quantitative estimate of drug-likeness (QED) is 0.786. The van der Waals surface area contributed by atoms with E-state index in [-0.39, 0.29) is 0 Å². The van der Waals surface area contributed by atoms with Crippen LogP contribution < -0.4 is 10.1 Å². The lowest BCUT2D eigenvalue weighted by atomic mass is 10.2. The predicted octanol–water partition coefficient (Wildman–Crippen LogP) is 3.88. The zero-order chi connectivity index (χ0) is 14.4. The van der Waals surface area contributed by atoms with Gasteiger partial charge in [0.25, 0.3) is 0 Å². The van der Waals surface area contributed by atoms with E-state index in [2.05, 4.69) is 31.3 Å². The Morgan fingerprint density at radius 1 is 1.20 bits per heavy atom. The number of benzene rings is 1. The van der Waals surface area contributed by atoms with E-state index in [1.165, 1.54) is 10.6 Å². The van der Waals surface area contributed by atoms with Gasteiger partial charge in [0.15, 0.2) is 0 Å². The number of rotatable bonds is 7. The number of nitrogens with zero attached hydrogens (tertiary/aromatic N) is 1. The molecule has 0 aliphatic rings. The molecule has 0 atom stereocenters. The highest BCUT2D eigenvalue weighted by Crippen LogP contribution is 2.29. The lowest BCUT2D eigenvalue weighted by Gasteiger charge is -2.01. The third-order valence-corrected chi connectivity index (χ3v) is 4.31. The normalized spacial score (nSPS) is 10.8. The average molecular weight is 290 g/mol. The molecule has 0 radical (unpaired) electrons. The van der Waals surface area contributed by atoms with Gasteiger partial charge in [-0.05, 0) is 43.7 Å². The molecule has 0 aliphatic heterocycles. The molecule has 2 rings (SSSR count). The second kappa shape index (κ2) is 7.41. The minimum Gasteiger partial charge on any atom is -0.497 e. The van der Waals surface area contributed by atoms with Gasteiger partial charge in [0.05, 0.1) is 12.8 Å². The molecular formula is C16H22N2OS. The number of ether oxygens (including phenoxy) is 1. The van der Waals surface area contributed by atoms with Crippen molar-refractivity contribution in [1.82, 2.24) is 10.3 Å². The van der Waals surface area contributed by atoms with Crippen LogP contribution in [0.25, 0.3) is 10.6 Å². The lowest BCUT2D eigenvalue weighted by molar-refractivity contribution is 0.415. The maximum Gasteiger partial charge on any atom is 0.123 e. The SMILES string of the molecule is CCCNCc1sc(-c2ccc(OC)cc2)nc1CC. The fraction of sp³-hybridized carbons (Fsp3) is 0.438. The summed E-state index contributed by atoms with van der Waals surface area (Å²) in [7, 11) is 1.69. The number of aryl methyl sites for hydroxylation is 1. The molecule has 0 saturated carbocycles. The zero-order valence-electron chi connectivity index (χ0n) is 12.4. The van der Waals surface area contributed by atoms with Crippen molar-refractivity contribution in [3.63, 3.8) is 0 Å². The smallest absolute Gasteiger partial charge is 0.123 e. The molecule has 0 aliphatic carbocycles. The molecule has 1 heterocycles. The van der Waals surface area contributed by atoms with Crippen molar-refractivity contribution in [3.8, 4) is 16.3 Å². The van der Waals surface area contributed by atoms with Gasteiger partial charge in [-0.25, -0.2) is 4.98 Å². The van der Waals surface area contributed by atoms with E-state index in [0.717, 1.165) is 42.3 Å². The molecule has 0 spiro atoms. The van der Waals surface area contributed by atoms with E-state index in [1.54, 1.807) is 18.4 Å². The van der Waals surface area contributed by atoms with Crippen LogP contribution in [0.5, 0.6) is 5.75 Å². The standard InChI is InChI=1S/C16H22N2OS/c1-4-10-17-11-15-14(5-2)18-16(20-15)12-6-8-13(19-3)9-7-12/h6-9,17H,4-5,10-11H2,1-3H3. The summed E-state index contributed by atoms with van der Waals surface area (Å²) in [5.74, 6) is 0.880. The zero-order valence-corrected chi connectivity index (χ0v) is 13.2. The number of aromatic nitrogens is 1. The van der Waals surface area contributed by atoms with E-state index in [0.29, 0.717) is 0 Å². The molecule has 0 amide bonds. The first-order chi connectivity index (χ1) is 9.78. The molecule has 1 N–H and O–H groups in total.